The van der Waals surface area contributed by atoms with Crippen LogP contribution in [0.2, 0.25) is 5.02 Å². The van der Waals surface area contributed by atoms with Gasteiger partial charge in [-0.2, -0.15) is 0 Å². The van der Waals surface area contributed by atoms with E-state index in [2.05, 4.69) is 10.3 Å². The number of halogens is 1. The molecule has 25 heavy (non-hydrogen) atoms. The third kappa shape index (κ3) is 4.56. The van der Waals surface area contributed by atoms with Crippen molar-refractivity contribution in [2.75, 3.05) is 18.5 Å². The zero-order valence-corrected chi connectivity index (χ0v) is 14.6. The fraction of sp³-hybridized carbons (Fsp3) is 0.200. The monoisotopic (exact) mass is 353 g/mol. The van der Waals surface area contributed by atoms with Gasteiger partial charge in [0.25, 0.3) is 0 Å². The summed E-state index contributed by atoms with van der Waals surface area (Å²) < 4.78 is 0. The van der Waals surface area contributed by atoms with Gasteiger partial charge < -0.3 is 10.4 Å². The molecule has 0 aliphatic rings. The van der Waals surface area contributed by atoms with Crippen molar-refractivity contribution < 1.29 is 5.11 Å². The summed E-state index contributed by atoms with van der Waals surface area (Å²) in [5.74, 6) is 0.586. The van der Waals surface area contributed by atoms with Crippen LogP contribution in [0.3, 0.4) is 0 Å². The molecule has 4 nitrogen and oxygen atoms in total. The molecule has 0 bridgehead atoms. The molecule has 2 N–H and O–H groups in total. The summed E-state index contributed by atoms with van der Waals surface area (Å²) >= 11 is 6.15. The molecule has 0 saturated heterocycles. The summed E-state index contributed by atoms with van der Waals surface area (Å²) in [6, 6.07) is 17.7. The minimum atomic E-state index is 0.200. The lowest BCUT2D eigenvalue weighted by atomic mass is 10.0. The molecule has 0 saturated carbocycles. The minimum absolute atomic E-state index is 0.200. The van der Waals surface area contributed by atoms with Crippen LogP contribution in [0.25, 0.3) is 22.4 Å². The Balaban J connectivity index is 1.97. The molecule has 0 spiro atoms. The molecule has 0 radical (unpaired) electrons. The predicted molar refractivity (Wildman–Crippen MR) is 103 cm³/mol. The van der Waals surface area contributed by atoms with Gasteiger partial charge in [-0.15, -0.1) is 0 Å². The molecule has 0 unspecified atom stereocenters. The van der Waals surface area contributed by atoms with Crippen LogP contribution in [0.1, 0.15) is 12.8 Å². The Labute approximate surface area is 152 Å². The molecule has 0 aliphatic carbocycles. The maximum Gasteiger partial charge on any atom is 0.223 e. The number of nitrogens with one attached hydrogen (secondary N) is 1. The molecule has 5 heteroatoms. The Morgan fingerprint density at radius 1 is 0.960 bits per heavy atom. The number of unbranched alkanes of at least 4 members (excludes halogenated alkanes) is 1. The molecule has 1 heterocycles. The number of aliphatic hydroxyl groups is 1. The van der Waals surface area contributed by atoms with Gasteiger partial charge in [0.2, 0.25) is 5.95 Å². The maximum absolute atomic E-state index is 8.87. The Morgan fingerprint density at radius 2 is 1.76 bits per heavy atom. The van der Waals surface area contributed by atoms with Crippen LogP contribution in [0.15, 0.2) is 60.8 Å². The smallest absolute Gasteiger partial charge is 0.223 e. The fourth-order valence-electron chi connectivity index (χ4n) is 2.59. The topological polar surface area (TPSA) is 58.0 Å². The molecule has 128 valence electrons. The number of hydrogen-bond acceptors (Lipinski definition) is 4. The number of nitrogens with zero attached hydrogens (tertiary/aromatic N) is 2. The first-order valence-electron chi connectivity index (χ1n) is 8.31. The van der Waals surface area contributed by atoms with Gasteiger partial charge in [-0.3, -0.25) is 0 Å². The molecule has 1 aromatic heterocycles. The van der Waals surface area contributed by atoms with E-state index < -0.39 is 0 Å². The Hall–Kier alpha value is -2.43. The van der Waals surface area contributed by atoms with E-state index in [1.54, 1.807) is 0 Å². The summed E-state index contributed by atoms with van der Waals surface area (Å²) in [6.45, 7) is 0.927. The van der Waals surface area contributed by atoms with Crippen molar-refractivity contribution >= 4 is 17.5 Å². The van der Waals surface area contributed by atoms with Crippen LogP contribution in [-0.2, 0) is 0 Å². The van der Waals surface area contributed by atoms with Crippen molar-refractivity contribution in [1.29, 1.82) is 0 Å². The quantitative estimate of drug-likeness (QED) is 0.607. The first-order valence-corrected chi connectivity index (χ1v) is 8.69. The molecule has 3 rings (SSSR count). The molecule has 2 aromatic carbocycles. The van der Waals surface area contributed by atoms with Crippen LogP contribution in [-0.4, -0.2) is 28.2 Å². The van der Waals surface area contributed by atoms with Crippen LogP contribution >= 0.6 is 11.6 Å². The van der Waals surface area contributed by atoms with Gasteiger partial charge in [0, 0.05) is 35.5 Å². The van der Waals surface area contributed by atoms with Gasteiger partial charge in [0.1, 0.15) is 0 Å². The van der Waals surface area contributed by atoms with E-state index in [1.807, 2.05) is 60.8 Å². The number of aromatic nitrogens is 2. The lowest BCUT2D eigenvalue weighted by Crippen LogP contribution is -2.07. The molecule has 0 amide bonds. The highest BCUT2D eigenvalue weighted by atomic mass is 35.5. The summed E-state index contributed by atoms with van der Waals surface area (Å²) in [6.07, 6.45) is 3.46. The Bertz CT molecular complexity index is 824. The number of anilines is 1. The Kier molecular flexibility index (Phi) is 5.99. The zero-order valence-electron chi connectivity index (χ0n) is 13.8. The lowest BCUT2D eigenvalue weighted by Gasteiger charge is -2.12. The van der Waals surface area contributed by atoms with Gasteiger partial charge >= 0.3 is 0 Å². The average molecular weight is 354 g/mol. The van der Waals surface area contributed by atoms with Crippen molar-refractivity contribution in [3.8, 4) is 22.4 Å². The van der Waals surface area contributed by atoms with Crippen molar-refractivity contribution in [2.45, 2.75) is 12.8 Å². The second kappa shape index (κ2) is 8.60. The van der Waals surface area contributed by atoms with E-state index in [9.17, 15) is 0 Å². The standard InChI is InChI=1S/C20H20ClN3O/c21-17-10-6-9-16(13-17)18-14-23-20(22-11-4-5-12-25)24-19(18)15-7-2-1-3-8-15/h1-3,6-10,13-14,25H,4-5,11-12H2,(H,22,23,24). The molecular formula is C20H20ClN3O. The molecule has 0 aliphatic heterocycles. The fourth-order valence-corrected chi connectivity index (χ4v) is 2.78. The molecule has 3 aromatic rings. The third-order valence-corrected chi connectivity index (χ3v) is 4.07. The van der Waals surface area contributed by atoms with Crippen LogP contribution < -0.4 is 5.32 Å². The molecule has 0 fully saturated rings. The second-order valence-corrected chi connectivity index (χ2v) is 6.13. The number of rotatable bonds is 7. The summed E-state index contributed by atoms with van der Waals surface area (Å²) in [5, 5.41) is 12.8. The maximum atomic E-state index is 8.87. The van der Waals surface area contributed by atoms with E-state index in [-0.39, 0.29) is 6.61 Å². The van der Waals surface area contributed by atoms with Crippen molar-refractivity contribution in [3.05, 3.63) is 65.8 Å². The van der Waals surface area contributed by atoms with Crippen molar-refractivity contribution in [1.82, 2.24) is 9.97 Å². The van der Waals surface area contributed by atoms with Crippen LogP contribution in [0, 0.1) is 0 Å². The molecular weight excluding hydrogens is 334 g/mol. The normalized spacial score (nSPS) is 10.6. The highest BCUT2D eigenvalue weighted by Gasteiger charge is 2.11. The number of benzene rings is 2. The first-order chi connectivity index (χ1) is 12.3. The minimum Gasteiger partial charge on any atom is -0.396 e. The first kappa shape index (κ1) is 17.4. The Morgan fingerprint density at radius 3 is 2.52 bits per heavy atom. The molecule has 0 atom stereocenters. The average Bonchev–Trinajstić information content (AvgIpc) is 2.66. The highest BCUT2D eigenvalue weighted by molar-refractivity contribution is 6.30. The van der Waals surface area contributed by atoms with Gasteiger partial charge in [0.15, 0.2) is 0 Å². The summed E-state index contributed by atoms with van der Waals surface area (Å²) in [4.78, 5) is 9.16. The van der Waals surface area contributed by atoms with Gasteiger partial charge in [0.05, 0.1) is 5.69 Å². The van der Waals surface area contributed by atoms with E-state index in [4.69, 9.17) is 21.7 Å². The SMILES string of the molecule is OCCCCNc1ncc(-c2cccc(Cl)c2)c(-c2ccccc2)n1. The van der Waals surface area contributed by atoms with Gasteiger partial charge in [-0.1, -0.05) is 54.1 Å². The van der Waals surface area contributed by atoms with Crippen LogP contribution in [0.4, 0.5) is 5.95 Å². The highest BCUT2D eigenvalue weighted by Crippen LogP contribution is 2.31. The zero-order chi connectivity index (χ0) is 17.5. The lowest BCUT2D eigenvalue weighted by molar-refractivity contribution is 0.286. The van der Waals surface area contributed by atoms with Crippen molar-refractivity contribution in [3.63, 3.8) is 0 Å². The van der Waals surface area contributed by atoms with Crippen molar-refractivity contribution in [2.24, 2.45) is 0 Å². The summed E-state index contributed by atoms with van der Waals surface area (Å²) in [7, 11) is 0. The van der Waals surface area contributed by atoms with Gasteiger partial charge in [-0.25, -0.2) is 9.97 Å². The second-order valence-electron chi connectivity index (χ2n) is 5.69. The largest absolute Gasteiger partial charge is 0.396 e. The van der Waals surface area contributed by atoms with E-state index in [0.29, 0.717) is 11.0 Å². The van der Waals surface area contributed by atoms with Crippen LogP contribution in [0.5, 0.6) is 0 Å². The van der Waals surface area contributed by atoms with E-state index >= 15 is 0 Å². The summed E-state index contributed by atoms with van der Waals surface area (Å²) in [5.41, 5.74) is 3.81. The third-order valence-electron chi connectivity index (χ3n) is 3.84. The van der Waals surface area contributed by atoms with E-state index in [1.165, 1.54) is 0 Å². The van der Waals surface area contributed by atoms with E-state index in [0.717, 1.165) is 41.8 Å². The number of hydrogen-bond donors (Lipinski definition) is 2. The number of aliphatic hydroxyl groups excluding tert-OH is 1. The predicted octanol–water partition coefficient (Wildman–Crippen LogP) is 4.65. The van der Waals surface area contributed by atoms with Gasteiger partial charge in [-0.05, 0) is 30.5 Å².